The van der Waals surface area contributed by atoms with E-state index in [2.05, 4.69) is 4.98 Å². The first kappa shape index (κ1) is 18.6. The molecular weight excluding hydrogens is 371 g/mol. The maximum absolute atomic E-state index is 13.3. The van der Waals surface area contributed by atoms with E-state index < -0.39 is 23.0 Å². The van der Waals surface area contributed by atoms with Gasteiger partial charge in [-0.1, -0.05) is 23.9 Å². The van der Waals surface area contributed by atoms with Gasteiger partial charge in [-0.2, -0.15) is 0 Å². The van der Waals surface area contributed by atoms with Gasteiger partial charge >= 0.3 is 6.03 Å². The molecule has 1 aromatic heterocycles. The van der Waals surface area contributed by atoms with Gasteiger partial charge in [0.25, 0.3) is 5.56 Å². The average molecular weight is 386 g/mol. The fraction of sp³-hybridized carbons (Fsp3) is 0.111. The summed E-state index contributed by atoms with van der Waals surface area (Å²) in [5.74, 6) is -1.05. The van der Waals surface area contributed by atoms with Crippen molar-refractivity contribution in [3.63, 3.8) is 0 Å². The Bertz CT molecular complexity index is 1080. The van der Waals surface area contributed by atoms with E-state index in [-0.39, 0.29) is 10.7 Å². The van der Waals surface area contributed by atoms with Crippen LogP contribution in [-0.4, -0.2) is 26.7 Å². The molecule has 0 saturated carbocycles. The van der Waals surface area contributed by atoms with Crippen molar-refractivity contribution in [2.45, 2.75) is 17.3 Å². The summed E-state index contributed by atoms with van der Waals surface area (Å²) in [6.07, 6.45) is 0. The van der Waals surface area contributed by atoms with Gasteiger partial charge < -0.3 is 5.73 Å². The number of amides is 3. The number of para-hydroxylation sites is 1. The van der Waals surface area contributed by atoms with E-state index in [4.69, 9.17) is 5.73 Å². The molecule has 0 spiro atoms. The van der Waals surface area contributed by atoms with Gasteiger partial charge in [0.1, 0.15) is 5.82 Å². The van der Waals surface area contributed by atoms with Crippen molar-refractivity contribution in [2.75, 3.05) is 0 Å². The zero-order valence-corrected chi connectivity index (χ0v) is 15.0. The molecule has 138 valence electrons. The van der Waals surface area contributed by atoms with Gasteiger partial charge in [0.2, 0.25) is 5.91 Å². The summed E-state index contributed by atoms with van der Waals surface area (Å²) in [4.78, 5) is 40.4. The number of benzene rings is 2. The summed E-state index contributed by atoms with van der Waals surface area (Å²) >= 11 is 0.987. The predicted octanol–water partition coefficient (Wildman–Crippen LogP) is 2.20. The largest absolute Gasteiger partial charge is 0.351 e. The fourth-order valence-corrected chi connectivity index (χ4v) is 3.37. The SMILES string of the molecule is CC(Sc1nc2ccccc2c(=O)n1-c1ccc(F)cc1)C(=O)NC(N)=O. The molecule has 2 aromatic carbocycles. The molecule has 1 heterocycles. The second kappa shape index (κ2) is 7.58. The van der Waals surface area contributed by atoms with Gasteiger partial charge in [-0.3, -0.25) is 19.5 Å². The monoisotopic (exact) mass is 386 g/mol. The van der Waals surface area contributed by atoms with Crippen LogP contribution in [0.25, 0.3) is 16.6 Å². The summed E-state index contributed by atoms with van der Waals surface area (Å²) in [5.41, 5.74) is 5.49. The van der Waals surface area contributed by atoms with Crippen molar-refractivity contribution in [1.29, 1.82) is 0 Å². The third-order valence-corrected chi connectivity index (χ3v) is 4.78. The third-order valence-electron chi connectivity index (χ3n) is 3.73. The number of urea groups is 1. The second-order valence-electron chi connectivity index (χ2n) is 5.64. The van der Waals surface area contributed by atoms with E-state index in [1.165, 1.54) is 28.8 Å². The average Bonchev–Trinajstić information content (AvgIpc) is 2.62. The normalized spacial score (nSPS) is 11.9. The van der Waals surface area contributed by atoms with Crippen LogP contribution in [0.4, 0.5) is 9.18 Å². The number of thioether (sulfide) groups is 1. The van der Waals surface area contributed by atoms with Gasteiger partial charge in [0.05, 0.1) is 21.8 Å². The Morgan fingerprint density at radius 3 is 2.52 bits per heavy atom. The maximum Gasteiger partial charge on any atom is 0.318 e. The lowest BCUT2D eigenvalue weighted by molar-refractivity contribution is -0.119. The van der Waals surface area contributed by atoms with Crippen LogP contribution in [0.3, 0.4) is 0 Å². The quantitative estimate of drug-likeness (QED) is 0.528. The van der Waals surface area contributed by atoms with Crippen LogP contribution in [0.2, 0.25) is 0 Å². The van der Waals surface area contributed by atoms with Crippen LogP contribution >= 0.6 is 11.8 Å². The minimum Gasteiger partial charge on any atom is -0.351 e. The Labute approximate surface area is 157 Å². The molecule has 0 aliphatic heterocycles. The fourth-order valence-electron chi connectivity index (χ4n) is 2.44. The molecule has 0 radical (unpaired) electrons. The van der Waals surface area contributed by atoms with Gasteiger partial charge in [0.15, 0.2) is 5.16 Å². The van der Waals surface area contributed by atoms with Crippen LogP contribution in [0.1, 0.15) is 6.92 Å². The predicted molar refractivity (Wildman–Crippen MR) is 100 cm³/mol. The molecule has 1 atom stereocenters. The number of hydrogen-bond acceptors (Lipinski definition) is 5. The molecule has 3 rings (SSSR count). The van der Waals surface area contributed by atoms with Gasteiger partial charge in [-0.05, 0) is 43.3 Å². The number of imide groups is 1. The number of nitrogens with zero attached hydrogens (tertiary/aromatic N) is 2. The van der Waals surface area contributed by atoms with Crippen molar-refractivity contribution in [3.8, 4) is 5.69 Å². The Kier molecular flexibility index (Phi) is 5.22. The molecule has 9 heteroatoms. The Morgan fingerprint density at radius 2 is 1.85 bits per heavy atom. The summed E-state index contributed by atoms with van der Waals surface area (Å²) < 4.78 is 14.6. The number of nitrogens with two attached hydrogens (primary N) is 1. The van der Waals surface area contributed by atoms with E-state index >= 15 is 0 Å². The molecule has 0 aliphatic carbocycles. The van der Waals surface area contributed by atoms with Crippen molar-refractivity contribution < 1.29 is 14.0 Å². The van der Waals surface area contributed by atoms with Crippen molar-refractivity contribution in [2.24, 2.45) is 5.73 Å². The second-order valence-corrected chi connectivity index (χ2v) is 6.95. The molecular formula is C18H15FN4O3S. The number of primary amides is 1. The summed E-state index contributed by atoms with van der Waals surface area (Å²) in [7, 11) is 0. The van der Waals surface area contributed by atoms with Crippen LogP contribution in [0, 0.1) is 5.82 Å². The minimum absolute atomic E-state index is 0.234. The first-order valence-electron chi connectivity index (χ1n) is 7.91. The van der Waals surface area contributed by atoms with Gasteiger partial charge in [-0.15, -0.1) is 0 Å². The molecule has 3 aromatic rings. The number of hydrogen-bond donors (Lipinski definition) is 2. The van der Waals surface area contributed by atoms with E-state index in [1.54, 1.807) is 31.2 Å². The highest BCUT2D eigenvalue weighted by Crippen LogP contribution is 2.25. The molecule has 1 unspecified atom stereocenters. The standard InChI is InChI=1S/C18H15FN4O3S/c1-10(15(24)22-17(20)26)27-18-21-14-5-3-2-4-13(14)16(25)23(18)12-8-6-11(19)7-9-12/h2-10H,1H3,(H3,20,22,24,26). The summed E-state index contributed by atoms with van der Waals surface area (Å²) in [6.45, 7) is 1.55. The molecule has 0 aliphatic rings. The first-order valence-corrected chi connectivity index (χ1v) is 8.79. The lowest BCUT2D eigenvalue weighted by Gasteiger charge is -2.16. The Balaban J connectivity index is 2.13. The number of aromatic nitrogens is 2. The zero-order chi connectivity index (χ0) is 19.6. The van der Waals surface area contributed by atoms with Gasteiger partial charge in [-0.25, -0.2) is 14.2 Å². The summed E-state index contributed by atoms with van der Waals surface area (Å²) in [5, 5.41) is 1.87. The third kappa shape index (κ3) is 3.98. The number of nitrogens with one attached hydrogen (secondary N) is 1. The molecule has 0 bridgehead atoms. The number of carbonyl (C=O) groups is 2. The van der Waals surface area contributed by atoms with E-state index in [0.29, 0.717) is 16.6 Å². The zero-order valence-electron chi connectivity index (χ0n) is 14.2. The van der Waals surface area contributed by atoms with E-state index in [9.17, 15) is 18.8 Å². The van der Waals surface area contributed by atoms with Crippen LogP contribution in [-0.2, 0) is 4.79 Å². The Hall–Kier alpha value is -3.20. The maximum atomic E-state index is 13.3. The van der Waals surface area contributed by atoms with Crippen molar-refractivity contribution in [1.82, 2.24) is 14.9 Å². The molecule has 0 saturated heterocycles. The lowest BCUT2D eigenvalue weighted by Crippen LogP contribution is -2.39. The van der Waals surface area contributed by atoms with Gasteiger partial charge in [0, 0.05) is 0 Å². The molecule has 7 nitrogen and oxygen atoms in total. The molecule has 27 heavy (non-hydrogen) atoms. The lowest BCUT2D eigenvalue weighted by atomic mass is 10.2. The Morgan fingerprint density at radius 1 is 1.19 bits per heavy atom. The van der Waals surface area contributed by atoms with Crippen molar-refractivity contribution in [3.05, 3.63) is 64.7 Å². The van der Waals surface area contributed by atoms with E-state index in [0.717, 1.165) is 11.8 Å². The van der Waals surface area contributed by atoms with Crippen molar-refractivity contribution >= 4 is 34.6 Å². The number of halogens is 1. The topological polar surface area (TPSA) is 107 Å². The summed E-state index contributed by atoms with van der Waals surface area (Å²) in [6, 6.07) is 11.2. The highest BCUT2D eigenvalue weighted by Gasteiger charge is 2.21. The minimum atomic E-state index is -0.963. The molecule has 3 N–H and O–H groups in total. The van der Waals surface area contributed by atoms with Crippen LogP contribution in [0.5, 0.6) is 0 Å². The number of carbonyl (C=O) groups excluding carboxylic acids is 2. The number of fused-ring (bicyclic) bond motifs is 1. The smallest absolute Gasteiger partial charge is 0.318 e. The highest BCUT2D eigenvalue weighted by molar-refractivity contribution is 8.00. The first-order chi connectivity index (χ1) is 12.9. The van der Waals surface area contributed by atoms with E-state index in [1.807, 2.05) is 5.32 Å². The number of rotatable bonds is 4. The van der Waals surface area contributed by atoms with Crippen LogP contribution < -0.4 is 16.6 Å². The molecule has 0 fully saturated rings. The molecule has 3 amide bonds. The van der Waals surface area contributed by atoms with Crippen LogP contribution in [0.15, 0.2) is 58.5 Å². The highest BCUT2D eigenvalue weighted by atomic mass is 32.2.